The first-order valence-electron chi connectivity index (χ1n) is 6.73. The zero-order chi connectivity index (χ0) is 12.5. The highest BCUT2D eigenvalue weighted by molar-refractivity contribution is 6.30. The minimum Gasteiger partial charge on any atom is -0.0843 e. The second kappa shape index (κ2) is 8.36. The van der Waals surface area contributed by atoms with Crippen molar-refractivity contribution in [2.75, 3.05) is 0 Å². The lowest BCUT2D eigenvalue weighted by molar-refractivity contribution is 0.800. The number of hydrogen-bond acceptors (Lipinski definition) is 0. The van der Waals surface area contributed by atoms with Gasteiger partial charge in [-0.25, -0.2) is 0 Å². The van der Waals surface area contributed by atoms with Gasteiger partial charge in [0.25, 0.3) is 0 Å². The number of halogens is 1. The van der Waals surface area contributed by atoms with Crippen LogP contribution >= 0.6 is 11.6 Å². The summed E-state index contributed by atoms with van der Waals surface area (Å²) in [6.07, 6.45) is 9.84. The molecule has 94 valence electrons. The lowest BCUT2D eigenvalue weighted by atomic mass is 9.98. The van der Waals surface area contributed by atoms with Gasteiger partial charge in [-0.05, 0) is 42.5 Å². The molecule has 0 saturated carbocycles. The van der Waals surface area contributed by atoms with Crippen LogP contribution in [0.25, 0.3) is 5.57 Å². The minimum atomic E-state index is 0.817. The molecule has 1 rings (SSSR count). The second-order valence-corrected chi connectivity index (χ2v) is 4.92. The van der Waals surface area contributed by atoms with Crippen LogP contribution in [0.4, 0.5) is 0 Å². The Balaban J connectivity index is 2.74. The third-order valence-corrected chi connectivity index (χ3v) is 3.22. The molecule has 1 aromatic carbocycles. The fourth-order valence-electron chi connectivity index (χ4n) is 1.88. The van der Waals surface area contributed by atoms with Crippen molar-refractivity contribution in [2.24, 2.45) is 0 Å². The van der Waals surface area contributed by atoms with Gasteiger partial charge in [0.2, 0.25) is 0 Å². The van der Waals surface area contributed by atoms with Crippen molar-refractivity contribution in [3.63, 3.8) is 0 Å². The van der Waals surface area contributed by atoms with E-state index in [9.17, 15) is 0 Å². The Kier molecular flexibility index (Phi) is 7.04. The predicted molar refractivity (Wildman–Crippen MR) is 78.5 cm³/mol. The standard InChI is InChI=1S/C16H23Cl/c1-3-5-7-9-14(8-6-4-2)15-10-12-16(17)13-11-15/h9-13H,3-8H2,1-2H3/b14-9-. The fraction of sp³-hybridized carbons (Fsp3) is 0.500. The van der Waals surface area contributed by atoms with Crippen LogP contribution in [-0.2, 0) is 0 Å². The molecule has 0 radical (unpaired) electrons. The fourth-order valence-corrected chi connectivity index (χ4v) is 2.00. The van der Waals surface area contributed by atoms with Gasteiger partial charge in [0.05, 0.1) is 0 Å². The van der Waals surface area contributed by atoms with Crippen molar-refractivity contribution in [3.05, 3.63) is 40.9 Å². The lowest BCUT2D eigenvalue weighted by Gasteiger charge is -2.08. The van der Waals surface area contributed by atoms with Gasteiger partial charge in [-0.3, -0.25) is 0 Å². The molecule has 1 aromatic rings. The van der Waals surface area contributed by atoms with Crippen LogP contribution in [0.3, 0.4) is 0 Å². The van der Waals surface area contributed by atoms with Gasteiger partial charge < -0.3 is 0 Å². The smallest absolute Gasteiger partial charge is 0.0406 e. The van der Waals surface area contributed by atoms with Crippen LogP contribution in [0.1, 0.15) is 57.9 Å². The van der Waals surface area contributed by atoms with E-state index in [0.29, 0.717) is 0 Å². The molecule has 0 heterocycles. The van der Waals surface area contributed by atoms with Crippen LogP contribution < -0.4 is 0 Å². The molecule has 0 N–H and O–H groups in total. The molecule has 0 aliphatic heterocycles. The van der Waals surface area contributed by atoms with E-state index >= 15 is 0 Å². The number of rotatable bonds is 7. The van der Waals surface area contributed by atoms with E-state index in [0.717, 1.165) is 5.02 Å². The topological polar surface area (TPSA) is 0 Å². The van der Waals surface area contributed by atoms with Gasteiger partial charge in [-0.1, -0.05) is 62.9 Å². The number of hydrogen-bond donors (Lipinski definition) is 0. The minimum absolute atomic E-state index is 0.817. The molecule has 0 amide bonds. The summed E-state index contributed by atoms with van der Waals surface area (Å²) < 4.78 is 0. The number of allylic oxidation sites excluding steroid dienone is 2. The average molecular weight is 251 g/mol. The zero-order valence-electron chi connectivity index (χ0n) is 11.0. The SMILES string of the molecule is CCCC/C=C(/CCCC)c1ccc(Cl)cc1. The summed E-state index contributed by atoms with van der Waals surface area (Å²) in [5, 5.41) is 0.817. The predicted octanol–water partition coefficient (Wildman–Crippen LogP) is 6.10. The first kappa shape index (κ1) is 14.3. The molecule has 0 aromatic heterocycles. The summed E-state index contributed by atoms with van der Waals surface area (Å²) >= 11 is 5.93. The molecule has 0 atom stereocenters. The van der Waals surface area contributed by atoms with Crippen molar-refractivity contribution in [1.82, 2.24) is 0 Å². The van der Waals surface area contributed by atoms with Gasteiger partial charge in [0.15, 0.2) is 0 Å². The Morgan fingerprint density at radius 2 is 1.71 bits per heavy atom. The van der Waals surface area contributed by atoms with Gasteiger partial charge in [-0.15, -0.1) is 0 Å². The van der Waals surface area contributed by atoms with Crippen LogP contribution in [0.15, 0.2) is 30.3 Å². The van der Waals surface area contributed by atoms with Gasteiger partial charge in [0.1, 0.15) is 0 Å². The number of benzene rings is 1. The van der Waals surface area contributed by atoms with Crippen LogP contribution in [0.2, 0.25) is 5.02 Å². The van der Waals surface area contributed by atoms with E-state index in [1.165, 1.54) is 49.7 Å². The van der Waals surface area contributed by atoms with Gasteiger partial charge in [-0.2, -0.15) is 0 Å². The van der Waals surface area contributed by atoms with Crippen molar-refractivity contribution < 1.29 is 0 Å². The highest BCUT2D eigenvalue weighted by atomic mass is 35.5. The molecule has 0 nitrogen and oxygen atoms in total. The molecule has 0 aliphatic carbocycles. The average Bonchev–Trinajstić information content (AvgIpc) is 2.35. The maximum atomic E-state index is 5.93. The highest BCUT2D eigenvalue weighted by Crippen LogP contribution is 2.23. The first-order valence-corrected chi connectivity index (χ1v) is 7.10. The van der Waals surface area contributed by atoms with Crippen LogP contribution in [-0.4, -0.2) is 0 Å². The zero-order valence-corrected chi connectivity index (χ0v) is 11.8. The molecule has 0 unspecified atom stereocenters. The van der Waals surface area contributed by atoms with E-state index in [1.54, 1.807) is 0 Å². The van der Waals surface area contributed by atoms with Gasteiger partial charge >= 0.3 is 0 Å². The summed E-state index contributed by atoms with van der Waals surface area (Å²) in [4.78, 5) is 0. The summed E-state index contributed by atoms with van der Waals surface area (Å²) in [7, 11) is 0. The van der Waals surface area contributed by atoms with Crippen molar-refractivity contribution in [3.8, 4) is 0 Å². The summed E-state index contributed by atoms with van der Waals surface area (Å²) in [5.41, 5.74) is 2.82. The molecule has 0 spiro atoms. The molecule has 0 fully saturated rings. The molecular formula is C16H23Cl. The largest absolute Gasteiger partial charge is 0.0843 e. The van der Waals surface area contributed by atoms with Crippen molar-refractivity contribution in [1.29, 1.82) is 0 Å². The van der Waals surface area contributed by atoms with E-state index < -0.39 is 0 Å². The maximum Gasteiger partial charge on any atom is 0.0406 e. The van der Waals surface area contributed by atoms with E-state index in [4.69, 9.17) is 11.6 Å². The van der Waals surface area contributed by atoms with E-state index in [-0.39, 0.29) is 0 Å². The Labute approximate surface area is 111 Å². The molecule has 0 aliphatic rings. The molecule has 0 saturated heterocycles. The quantitative estimate of drug-likeness (QED) is 0.513. The molecular weight excluding hydrogens is 228 g/mol. The summed E-state index contributed by atoms with van der Waals surface area (Å²) in [5.74, 6) is 0. The normalized spacial score (nSPS) is 11.8. The van der Waals surface area contributed by atoms with E-state index in [2.05, 4.69) is 32.1 Å². The monoisotopic (exact) mass is 250 g/mol. The van der Waals surface area contributed by atoms with Crippen LogP contribution in [0.5, 0.6) is 0 Å². The van der Waals surface area contributed by atoms with Crippen molar-refractivity contribution >= 4 is 17.2 Å². The van der Waals surface area contributed by atoms with E-state index in [1.807, 2.05) is 12.1 Å². The Bertz CT molecular complexity index is 335. The molecule has 0 bridgehead atoms. The van der Waals surface area contributed by atoms with Crippen LogP contribution in [0, 0.1) is 0 Å². The Morgan fingerprint density at radius 1 is 1.06 bits per heavy atom. The second-order valence-electron chi connectivity index (χ2n) is 4.48. The number of unbranched alkanes of at least 4 members (excludes halogenated alkanes) is 3. The first-order chi connectivity index (χ1) is 8.27. The Morgan fingerprint density at radius 3 is 2.29 bits per heavy atom. The lowest BCUT2D eigenvalue weighted by Crippen LogP contribution is -1.86. The van der Waals surface area contributed by atoms with Crippen molar-refractivity contribution in [2.45, 2.75) is 52.4 Å². The summed E-state index contributed by atoms with van der Waals surface area (Å²) in [6, 6.07) is 8.23. The Hall–Kier alpha value is -0.750. The molecule has 1 heteroatoms. The highest BCUT2D eigenvalue weighted by Gasteiger charge is 2.01. The maximum absolute atomic E-state index is 5.93. The third-order valence-electron chi connectivity index (χ3n) is 2.96. The summed E-state index contributed by atoms with van der Waals surface area (Å²) in [6.45, 7) is 4.48. The molecule has 17 heavy (non-hydrogen) atoms. The van der Waals surface area contributed by atoms with Gasteiger partial charge in [0, 0.05) is 5.02 Å². The third kappa shape index (κ3) is 5.41.